The van der Waals surface area contributed by atoms with E-state index in [0.717, 1.165) is 64.5 Å². The van der Waals surface area contributed by atoms with Gasteiger partial charge in [-0.1, -0.05) is 48.5 Å². The van der Waals surface area contributed by atoms with Crippen LogP contribution in [0.1, 0.15) is 22.5 Å². The summed E-state index contributed by atoms with van der Waals surface area (Å²) in [6, 6.07) is 28.7. The van der Waals surface area contributed by atoms with Crippen LogP contribution >= 0.6 is 0 Å². The number of pyridine rings is 1. The highest BCUT2D eigenvalue weighted by Gasteiger charge is 2.17. The Kier molecular flexibility index (Phi) is 5.42. The number of ether oxygens (including phenoxy) is 1. The summed E-state index contributed by atoms with van der Waals surface area (Å²) in [7, 11) is 1.66. The Morgan fingerprint density at radius 3 is 2.41 bits per heavy atom. The van der Waals surface area contributed by atoms with Gasteiger partial charge in [-0.2, -0.15) is 0 Å². The number of hydrogen-bond acceptors (Lipinski definition) is 3. The fraction of sp³-hybridized carbons (Fsp3) is 0.143. The van der Waals surface area contributed by atoms with E-state index >= 15 is 0 Å². The SMILES string of the molecule is COc1ccc(-c2nc(C=O)cc3c4ccccc4n(CCCc4ccccc4)c23)cc1. The molecular weight excluding hydrogens is 396 g/mol. The maximum Gasteiger partial charge on any atom is 0.168 e. The van der Waals surface area contributed by atoms with Gasteiger partial charge in [0.2, 0.25) is 0 Å². The molecule has 5 aromatic rings. The number of aromatic nitrogens is 2. The topological polar surface area (TPSA) is 44.1 Å². The van der Waals surface area contributed by atoms with Gasteiger partial charge in [0.05, 0.1) is 18.3 Å². The van der Waals surface area contributed by atoms with Crippen molar-refractivity contribution in [3.63, 3.8) is 0 Å². The van der Waals surface area contributed by atoms with Gasteiger partial charge in [-0.25, -0.2) is 4.98 Å². The van der Waals surface area contributed by atoms with E-state index in [1.54, 1.807) is 7.11 Å². The smallest absolute Gasteiger partial charge is 0.168 e. The van der Waals surface area contributed by atoms with Crippen molar-refractivity contribution in [1.82, 2.24) is 9.55 Å². The van der Waals surface area contributed by atoms with Gasteiger partial charge in [0, 0.05) is 28.4 Å². The van der Waals surface area contributed by atoms with Gasteiger partial charge in [0.25, 0.3) is 0 Å². The fourth-order valence-corrected chi connectivity index (χ4v) is 4.42. The lowest BCUT2D eigenvalue weighted by Crippen LogP contribution is -2.02. The predicted molar refractivity (Wildman–Crippen MR) is 129 cm³/mol. The zero-order valence-corrected chi connectivity index (χ0v) is 18.0. The number of aldehydes is 1. The standard InChI is InChI=1S/C28H24N2O2/c1-32-23-15-13-21(14-16-23)27-28-25(18-22(19-31)29-27)24-11-5-6-12-26(24)30(28)17-7-10-20-8-3-2-4-9-20/h2-6,8-9,11-16,18-19H,7,10,17H2,1H3. The minimum Gasteiger partial charge on any atom is -0.497 e. The molecule has 2 aromatic heterocycles. The van der Waals surface area contributed by atoms with Crippen LogP contribution in [0, 0.1) is 0 Å². The summed E-state index contributed by atoms with van der Waals surface area (Å²) >= 11 is 0. The van der Waals surface area contributed by atoms with Crippen LogP contribution in [0.2, 0.25) is 0 Å². The Bertz CT molecular complexity index is 1390. The van der Waals surface area contributed by atoms with Crippen LogP contribution < -0.4 is 4.74 Å². The highest BCUT2D eigenvalue weighted by atomic mass is 16.5. The maximum absolute atomic E-state index is 11.7. The molecule has 0 amide bonds. The molecule has 0 radical (unpaired) electrons. The second-order valence-corrected chi connectivity index (χ2v) is 7.90. The molecule has 0 aliphatic heterocycles. The van der Waals surface area contributed by atoms with Gasteiger partial charge in [-0.05, 0) is 54.8 Å². The molecule has 32 heavy (non-hydrogen) atoms. The van der Waals surface area contributed by atoms with Crippen LogP contribution in [-0.2, 0) is 13.0 Å². The number of methoxy groups -OCH3 is 1. The van der Waals surface area contributed by atoms with Crippen molar-refractivity contribution in [3.05, 3.63) is 96.2 Å². The summed E-state index contributed by atoms with van der Waals surface area (Å²) in [4.78, 5) is 16.5. The first-order valence-electron chi connectivity index (χ1n) is 10.8. The largest absolute Gasteiger partial charge is 0.497 e. The fourth-order valence-electron chi connectivity index (χ4n) is 4.42. The van der Waals surface area contributed by atoms with Crippen molar-refractivity contribution in [1.29, 1.82) is 0 Å². The molecule has 0 unspecified atom stereocenters. The zero-order chi connectivity index (χ0) is 21.9. The summed E-state index contributed by atoms with van der Waals surface area (Å²) in [5, 5.41) is 2.20. The van der Waals surface area contributed by atoms with Crippen LogP contribution in [0.3, 0.4) is 0 Å². The van der Waals surface area contributed by atoms with E-state index in [2.05, 4.69) is 47.0 Å². The number of rotatable bonds is 7. The van der Waals surface area contributed by atoms with Gasteiger partial charge < -0.3 is 9.30 Å². The number of nitrogens with zero attached hydrogens (tertiary/aromatic N) is 2. The molecule has 4 nitrogen and oxygen atoms in total. The maximum atomic E-state index is 11.7. The van der Waals surface area contributed by atoms with Crippen LogP contribution in [0.25, 0.3) is 33.1 Å². The second-order valence-electron chi connectivity index (χ2n) is 7.90. The van der Waals surface area contributed by atoms with Gasteiger partial charge in [-0.3, -0.25) is 4.79 Å². The van der Waals surface area contributed by atoms with E-state index in [4.69, 9.17) is 9.72 Å². The van der Waals surface area contributed by atoms with E-state index in [1.807, 2.05) is 42.5 Å². The van der Waals surface area contributed by atoms with Crippen molar-refractivity contribution in [2.24, 2.45) is 0 Å². The van der Waals surface area contributed by atoms with E-state index in [0.29, 0.717) is 5.69 Å². The molecule has 0 aliphatic rings. The minimum absolute atomic E-state index is 0.440. The van der Waals surface area contributed by atoms with Crippen LogP contribution in [0.5, 0.6) is 5.75 Å². The Labute approximate surface area is 187 Å². The van der Waals surface area contributed by atoms with Crippen molar-refractivity contribution < 1.29 is 9.53 Å². The first-order valence-corrected chi connectivity index (χ1v) is 10.8. The third-order valence-electron chi connectivity index (χ3n) is 5.94. The molecule has 158 valence electrons. The molecule has 0 fully saturated rings. The molecular formula is C28H24N2O2. The van der Waals surface area contributed by atoms with Gasteiger partial charge in [0.15, 0.2) is 6.29 Å². The third-order valence-corrected chi connectivity index (χ3v) is 5.94. The Hall–Kier alpha value is -3.92. The average molecular weight is 421 g/mol. The molecule has 2 heterocycles. The quantitative estimate of drug-likeness (QED) is 0.290. The number of hydrogen-bond donors (Lipinski definition) is 0. The molecule has 4 heteroatoms. The molecule has 0 atom stereocenters. The average Bonchev–Trinajstić information content (AvgIpc) is 3.18. The second kappa shape index (κ2) is 8.67. The van der Waals surface area contributed by atoms with Crippen molar-refractivity contribution in [2.45, 2.75) is 19.4 Å². The lowest BCUT2D eigenvalue weighted by atomic mass is 10.1. The summed E-state index contributed by atoms with van der Waals surface area (Å²) in [6.45, 7) is 0.865. The monoisotopic (exact) mass is 420 g/mol. The highest BCUT2D eigenvalue weighted by molar-refractivity contribution is 6.13. The van der Waals surface area contributed by atoms with Crippen LogP contribution in [0.4, 0.5) is 0 Å². The molecule has 3 aromatic carbocycles. The molecule has 0 saturated carbocycles. The Balaban J connectivity index is 1.67. The van der Waals surface area contributed by atoms with Crippen LogP contribution in [0.15, 0.2) is 84.9 Å². The van der Waals surface area contributed by atoms with E-state index < -0.39 is 0 Å². The zero-order valence-electron chi connectivity index (χ0n) is 18.0. The molecule has 0 N–H and O–H groups in total. The number of benzene rings is 3. The van der Waals surface area contributed by atoms with Crippen molar-refractivity contribution in [2.75, 3.05) is 7.11 Å². The van der Waals surface area contributed by atoms with E-state index in [9.17, 15) is 4.79 Å². The lowest BCUT2D eigenvalue weighted by molar-refractivity contribution is 0.111. The number of fused-ring (bicyclic) bond motifs is 3. The first-order chi connectivity index (χ1) is 15.8. The Morgan fingerprint density at radius 2 is 1.66 bits per heavy atom. The van der Waals surface area contributed by atoms with Gasteiger partial charge in [0.1, 0.15) is 11.4 Å². The summed E-state index contributed by atoms with van der Waals surface area (Å²) < 4.78 is 7.68. The molecule has 0 spiro atoms. The van der Waals surface area contributed by atoms with E-state index in [1.165, 1.54) is 5.56 Å². The summed E-state index contributed by atoms with van der Waals surface area (Å²) in [5.74, 6) is 0.792. The molecule has 0 aliphatic carbocycles. The number of aryl methyl sites for hydroxylation is 2. The van der Waals surface area contributed by atoms with Gasteiger partial charge in [-0.15, -0.1) is 0 Å². The lowest BCUT2D eigenvalue weighted by Gasteiger charge is -2.12. The van der Waals surface area contributed by atoms with Crippen LogP contribution in [-0.4, -0.2) is 22.9 Å². The predicted octanol–water partition coefficient (Wildman–Crippen LogP) is 6.31. The first kappa shape index (κ1) is 20.0. The highest BCUT2D eigenvalue weighted by Crippen LogP contribution is 2.36. The summed E-state index contributed by atoms with van der Waals surface area (Å²) in [6.07, 6.45) is 2.84. The summed E-state index contributed by atoms with van der Waals surface area (Å²) in [5.41, 5.74) is 5.79. The molecule has 5 rings (SSSR count). The van der Waals surface area contributed by atoms with E-state index in [-0.39, 0.29) is 0 Å². The number of para-hydroxylation sites is 1. The molecule has 0 saturated heterocycles. The van der Waals surface area contributed by atoms with Gasteiger partial charge >= 0.3 is 0 Å². The third kappa shape index (κ3) is 3.65. The number of carbonyl (C=O) groups excluding carboxylic acids is 1. The normalized spacial score (nSPS) is 11.2. The molecule has 0 bridgehead atoms. The van der Waals surface area contributed by atoms with Crippen molar-refractivity contribution >= 4 is 28.1 Å². The Morgan fingerprint density at radius 1 is 0.906 bits per heavy atom. The van der Waals surface area contributed by atoms with Crippen molar-refractivity contribution in [3.8, 4) is 17.0 Å². The minimum atomic E-state index is 0.440. The number of carbonyl (C=O) groups is 1.